The Morgan fingerprint density at radius 2 is 2.08 bits per heavy atom. The Morgan fingerprint density at radius 3 is 2.69 bits per heavy atom. The maximum absolute atomic E-state index is 7.46. The quantitative estimate of drug-likeness (QED) is 0.478. The van der Waals surface area contributed by atoms with Crippen molar-refractivity contribution in [3.63, 3.8) is 0 Å². The maximum atomic E-state index is 7.46. The molecule has 1 unspecified atom stereocenters. The summed E-state index contributed by atoms with van der Waals surface area (Å²) in [7, 11) is 0. The van der Waals surface area contributed by atoms with Crippen LogP contribution in [0.15, 0.2) is 0 Å². The normalized spacial score (nSPS) is 32.2. The van der Waals surface area contributed by atoms with Gasteiger partial charge in [-0.2, -0.15) is 0 Å². The van der Waals surface area contributed by atoms with E-state index in [1.807, 2.05) is 0 Å². The zero-order valence-corrected chi connectivity index (χ0v) is 8.01. The molecule has 3 N–H and O–H groups in total. The van der Waals surface area contributed by atoms with E-state index in [0.717, 1.165) is 19.4 Å². The molecule has 3 nitrogen and oxygen atoms in total. The van der Waals surface area contributed by atoms with Crippen LogP contribution in [0.5, 0.6) is 0 Å². The van der Waals surface area contributed by atoms with Gasteiger partial charge in [-0.1, -0.05) is 12.8 Å². The third kappa shape index (κ3) is 1.70. The summed E-state index contributed by atoms with van der Waals surface area (Å²) in [5.74, 6) is 0.640. The summed E-state index contributed by atoms with van der Waals surface area (Å²) < 4.78 is 5.85. The zero-order chi connectivity index (χ0) is 9.31. The standard InChI is InChI=1S/C10H18N2O/c11-9(12)8-3-6-13-10(7-8)4-1-2-5-10/h8H,1-7H2,(H3,11,12). The Balaban J connectivity index is 2.02. The minimum Gasteiger partial charge on any atom is -0.387 e. The first-order valence-corrected chi connectivity index (χ1v) is 5.20. The highest BCUT2D eigenvalue weighted by molar-refractivity contribution is 5.79. The lowest BCUT2D eigenvalue weighted by molar-refractivity contribution is -0.0828. The number of rotatable bonds is 1. The molecule has 1 atom stereocenters. The molecule has 74 valence electrons. The van der Waals surface area contributed by atoms with Gasteiger partial charge in [-0.25, -0.2) is 0 Å². The van der Waals surface area contributed by atoms with Gasteiger partial charge in [0.1, 0.15) is 0 Å². The molecule has 0 aromatic rings. The van der Waals surface area contributed by atoms with Gasteiger partial charge in [-0.15, -0.1) is 0 Å². The Morgan fingerprint density at radius 1 is 1.38 bits per heavy atom. The molecule has 3 heteroatoms. The first-order chi connectivity index (χ1) is 6.22. The minimum atomic E-state index is 0.106. The topological polar surface area (TPSA) is 59.1 Å². The summed E-state index contributed by atoms with van der Waals surface area (Å²) in [6.45, 7) is 0.796. The van der Waals surface area contributed by atoms with Crippen molar-refractivity contribution in [3.8, 4) is 0 Å². The lowest BCUT2D eigenvalue weighted by Gasteiger charge is -2.37. The second-order valence-electron chi connectivity index (χ2n) is 4.38. The molecule has 13 heavy (non-hydrogen) atoms. The number of hydrogen-bond donors (Lipinski definition) is 2. The third-order valence-corrected chi connectivity index (χ3v) is 3.45. The van der Waals surface area contributed by atoms with Crippen LogP contribution in [0.25, 0.3) is 0 Å². The van der Waals surface area contributed by atoms with E-state index in [-0.39, 0.29) is 11.5 Å². The first-order valence-electron chi connectivity index (χ1n) is 5.20. The molecule has 0 bridgehead atoms. The molecule has 0 aromatic carbocycles. The Kier molecular flexibility index (Phi) is 2.28. The number of hydrogen-bond acceptors (Lipinski definition) is 2. The van der Waals surface area contributed by atoms with E-state index in [4.69, 9.17) is 15.9 Å². The van der Waals surface area contributed by atoms with Gasteiger partial charge in [-0.05, 0) is 25.7 Å². The average molecular weight is 182 g/mol. The Bertz CT molecular complexity index is 209. The largest absolute Gasteiger partial charge is 0.387 e. The van der Waals surface area contributed by atoms with Crippen LogP contribution in [0.4, 0.5) is 0 Å². The highest BCUT2D eigenvalue weighted by Crippen LogP contribution is 2.41. The van der Waals surface area contributed by atoms with E-state index in [1.165, 1.54) is 25.7 Å². The fourth-order valence-corrected chi connectivity index (χ4v) is 2.66. The van der Waals surface area contributed by atoms with E-state index in [9.17, 15) is 0 Å². The summed E-state index contributed by atoms with van der Waals surface area (Å²) in [6.07, 6.45) is 6.85. The van der Waals surface area contributed by atoms with E-state index >= 15 is 0 Å². The van der Waals surface area contributed by atoms with Crippen LogP contribution in [-0.4, -0.2) is 18.0 Å². The lowest BCUT2D eigenvalue weighted by Crippen LogP contribution is -2.41. The molecule has 0 amide bonds. The van der Waals surface area contributed by atoms with Crippen molar-refractivity contribution in [2.45, 2.75) is 44.1 Å². The van der Waals surface area contributed by atoms with Crippen LogP contribution in [0.2, 0.25) is 0 Å². The van der Waals surface area contributed by atoms with Crippen molar-refractivity contribution in [1.29, 1.82) is 5.41 Å². The fraction of sp³-hybridized carbons (Fsp3) is 0.900. The second kappa shape index (κ2) is 3.29. The van der Waals surface area contributed by atoms with Gasteiger partial charge in [0.2, 0.25) is 0 Å². The third-order valence-electron chi connectivity index (χ3n) is 3.45. The van der Waals surface area contributed by atoms with Crippen molar-refractivity contribution in [1.82, 2.24) is 0 Å². The highest BCUT2D eigenvalue weighted by Gasteiger charge is 2.40. The average Bonchev–Trinajstić information content (AvgIpc) is 2.53. The van der Waals surface area contributed by atoms with Crippen LogP contribution in [-0.2, 0) is 4.74 Å². The van der Waals surface area contributed by atoms with Crippen molar-refractivity contribution in [2.75, 3.05) is 6.61 Å². The highest BCUT2D eigenvalue weighted by atomic mass is 16.5. The fourth-order valence-electron chi connectivity index (χ4n) is 2.66. The molecule has 2 aliphatic rings. The smallest absolute Gasteiger partial charge is 0.0938 e. The van der Waals surface area contributed by atoms with Gasteiger partial charge < -0.3 is 10.5 Å². The monoisotopic (exact) mass is 182 g/mol. The number of amidine groups is 1. The summed E-state index contributed by atoms with van der Waals surface area (Å²) in [5.41, 5.74) is 5.65. The molecule has 1 aliphatic heterocycles. The Hall–Kier alpha value is -0.570. The van der Waals surface area contributed by atoms with Crippen LogP contribution >= 0.6 is 0 Å². The van der Waals surface area contributed by atoms with Gasteiger partial charge in [-0.3, -0.25) is 5.41 Å². The van der Waals surface area contributed by atoms with E-state index in [2.05, 4.69) is 0 Å². The van der Waals surface area contributed by atoms with E-state index < -0.39 is 0 Å². The molecule has 1 heterocycles. The van der Waals surface area contributed by atoms with Gasteiger partial charge in [0, 0.05) is 12.5 Å². The van der Waals surface area contributed by atoms with Crippen LogP contribution in [0.3, 0.4) is 0 Å². The van der Waals surface area contributed by atoms with Crippen molar-refractivity contribution >= 4 is 5.84 Å². The van der Waals surface area contributed by atoms with Crippen molar-refractivity contribution in [2.24, 2.45) is 11.7 Å². The van der Waals surface area contributed by atoms with Gasteiger partial charge in [0.05, 0.1) is 11.4 Å². The molecule has 0 radical (unpaired) electrons. The van der Waals surface area contributed by atoms with Crippen LogP contribution < -0.4 is 5.73 Å². The van der Waals surface area contributed by atoms with Crippen molar-refractivity contribution < 1.29 is 4.74 Å². The molecular formula is C10H18N2O. The van der Waals surface area contributed by atoms with E-state index in [1.54, 1.807) is 0 Å². The lowest BCUT2D eigenvalue weighted by atomic mass is 9.84. The molecule has 0 aromatic heterocycles. The van der Waals surface area contributed by atoms with Crippen molar-refractivity contribution in [3.05, 3.63) is 0 Å². The molecular weight excluding hydrogens is 164 g/mol. The first kappa shape index (κ1) is 9.00. The van der Waals surface area contributed by atoms with Gasteiger partial charge >= 0.3 is 0 Å². The summed E-state index contributed by atoms with van der Waals surface area (Å²) in [4.78, 5) is 0. The van der Waals surface area contributed by atoms with Crippen LogP contribution in [0.1, 0.15) is 38.5 Å². The molecule has 1 spiro atoms. The summed E-state index contributed by atoms with van der Waals surface area (Å²) in [6, 6.07) is 0. The molecule has 2 fully saturated rings. The van der Waals surface area contributed by atoms with E-state index in [0.29, 0.717) is 5.84 Å². The molecule has 1 saturated heterocycles. The summed E-state index contributed by atoms with van der Waals surface area (Å²) >= 11 is 0. The maximum Gasteiger partial charge on any atom is 0.0938 e. The second-order valence-corrected chi connectivity index (χ2v) is 4.38. The minimum absolute atomic E-state index is 0.106. The van der Waals surface area contributed by atoms with Gasteiger partial charge in [0.15, 0.2) is 0 Å². The predicted octanol–water partition coefficient (Wildman–Crippen LogP) is 1.66. The zero-order valence-electron chi connectivity index (χ0n) is 8.01. The number of nitrogens with one attached hydrogen (secondary N) is 1. The predicted molar refractivity (Wildman–Crippen MR) is 51.8 cm³/mol. The molecule has 1 saturated carbocycles. The summed E-state index contributed by atoms with van der Waals surface area (Å²) in [5, 5.41) is 7.46. The van der Waals surface area contributed by atoms with Crippen LogP contribution in [0, 0.1) is 11.3 Å². The molecule has 2 rings (SSSR count). The number of nitrogens with two attached hydrogens (primary N) is 1. The van der Waals surface area contributed by atoms with Gasteiger partial charge in [0.25, 0.3) is 0 Å². The molecule has 1 aliphatic carbocycles. The number of ether oxygens (including phenoxy) is 1. The Labute approximate surface area is 79.2 Å². The SMILES string of the molecule is N=C(N)C1CCOC2(CCCC2)C1.